The van der Waals surface area contributed by atoms with Crippen molar-refractivity contribution in [2.24, 2.45) is 11.8 Å². The third kappa shape index (κ3) is 5.48. The molecule has 1 fully saturated rings. The number of piperidine rings is 1. The SMILES string of the molecule is CC/C=C(/OC)C1=CO[C@@H](C)C2CN3CCc4c([nH]c5ccccc45)C3CC12.CCCCCCC. The van der Waals surface area contributed by atoms with Gasteiger partial charge in [-0.3, -0.25) is 4.90 Å². The van der Waals surface area contributed by atoms with Crippen LogP contribution in [0, 0.1) is 11.8 Å². The molecule has 192 valence electrons. The van der Waals surface area contributed by atoms with Crippen molar-refractivity contribution < 1.29 is 9.47 Å². The summed E-state index contributed by atoms with van der Waals surface area (Å²) in [6.45, 7) is 11.1. The molecule has 1 saturated heterocycles. The summed E-state index contributed by atoms with van der Waals surface area (Å²) in [5, 5.41) is 1.40. The Labute approximate surface area is 212 Å². The van der Waals surface area contributed by atoms with Gasteiger partial charge in [-0.25, -0.2) is 0 Å². The average molecular weight is 479 g/mol. The molecule has 3 aliphatic heterocycles. The van der Waals surface area contributed by atoms with Crippen LogP contribution in [0.5, 0.6) is 0 Å². The number of aromatic amines is 1. The van der Waals surface area contributed by atoms with Gasteiger partial charge in [0.1, 0.15) is 5.76 Å². The van der Waals surface area contributed by atoms with Crippen LogP contribution in [0.25, 0.3) is 10.9 Å². The van der Waals surface area contributed by atoms with Crippen molar-refractivity contribution in [3.63, 3.8) is 0 Å². The molecule has 4 heterocycles. The zero-order valence-electron chi connectivity index (χ0n) is 22.6. The number of aromatic nitrogens is 1. The fraction of sp³-hybridized carbons (Fsp3) is 0.613. The molecule has 0 amide bonds. The summed E-state index contributed by atoms with van der Waals surface area (Å²) in [6, 6.07) is 9.20. The number of unbranched alkanes of at least 4 members (excludes halogenated alkanes) is 4. The van der Waals surface area contributed by atoms with E-state index in [0.29, 0.717) is 17.9 Å². The van der Waals surface area contributed by atoms with Crippen LogP contribution in [0.3, 0.4) is 0 Å². The number of fused-ring (bicyclic) bond motifs is 6. The molecule has 3 aliphatic rings. The minimum atomic E-state index is 0.249. The topological polar surface area (TPSA) is 37.5 Å². The Hall–Kier alpha value is -2.20. The van der Waals surface area contributed by atoms with E-state index in [2.05, 4.69) is 67.9 Å². The molecule has 4 nitrogen and oxygen atoms in total. The number of benzene rings is 1. The van der Waals surface area contributed by atoms with Crippen LogP contribution in [0.1, 0.15) is 89.9 Å². The summed E-state index contributed by atoms with van der Waals surface area (Å²) in [5.74, 6) is 1.98. The number of para-hydroxylation sites is 1. The van der Waals surface area contributed by atoms with Gasteiger partial charge in [0, 0.05) is 41.2 Å². The van der Waals surface area contributed by atoms with Crippen molar-refractivity contribution >= 4 is 10.9 Å². The third-order valence-corrected chi connectivity index (χ3v) is 8.22. The standard InChI is InChI=1S/C24H30N2O2.C7H16/c1-4-7-23(27-3)20-14-28-15(2)19-13-26-11-10-17-16-8-5-6-9-21(16)25-24(17)22(26)12-18(19)20;1-3-5-7-6-4-2/h5-9,14-15,18-19,22,25H,4,10-13H2,1-3H3;3-7H2,1-2H3/b23-7+;/t15-,18?,19?,22?;/m0./s1. The molecule has 0 spiro atoms. The summed E-state index contributed by atoms with van der Waals surface area (Å²) in [5.41, 5.74) is 5.48. The first kappa shape index (κ1) is 25.9. The molecule has 4 heteroatoms. The number of rotatable bonds is 7. The van der Waals surface area contributed by atoms with E-state index in [4.69, 9.17) is 9.47 Å². The molecule has 3 unspecified atom stereocenters. The molecule has 0 bridgehead atoms. The van der Waals surface area contributed by atoms with Crippen molar-refractivity contribution in [3.8, 4) is 0 Å². The van der Waals surface area contributed by atoms with E-state index in [1.54, 1.807) is 7.11 Å². The molecule has 1 aromatic carbocycles. The minimum Gasteiger partial charge on any atom is -0.498 e. The number of hydrogen-bond acceptors (Lipinski definition) is 3. The lowest BCUT2D eigenvalue weighted by atomic mass is 9.71. The van der Waals surface area contributed by atoms with Crippen molar-refractivity contribution in [3.05, 3.63) is 59.2 Å². The van der Waals surface area contributed by atoms with E-state index < -0.39 is 0 Å². The first-order chi connectivity index (χ1) is 17.1. The normalized spacial score (nSPS) is 26.0. The smallest absolute Gasteiger partial charge is 0.121 e. The number of nitrogens with zero attached hydrogens (tertiary/aromatic N) is 1. The Morgan fingerprint density at radius 1 is 1.14 bits per heavy atom. The van der Waals surface area contributed by atoms with Gasteiger partial charge in [0.15, 0.2) is 0 Å². The second-order valence-electron chi connectivity index (χ2n) is 10.5. The maximum absolute atomic E-state index is 6.07. The van der Waals surface area contributed by atoms with E-state index in [-0.39, 0.29) is 6.10 Å². The summed E-state index contributed by atoms with van der Waals surface area (Å²) >= 11 is 0. The number of hydrogen-bond donors (Lipinski definition) is 1. The molecular formula is C31H46N2O2. The summed E-state index contributed by atoms with van der Waals surface area (Å²) in [7, 11) is 1.78. The van der Waals surface area contributed by atoms with Gasteiger partial charge in [-0.1, -0.05) is 71.1 Å². The van der Waals surface area contributed by atoms with Crippen LogP contribution in [0.15, 0.2) is 47.9 Å². The lowest BCUT2D eigenvalue weighted by Crippen LogP contribution is -2.50. The highest BCUT2D eigenvalue weighted by Crippen LogP contribution is 2.48. The van der Waals surface area contributed by atoms with Crippen molar-refractivity contribution in [1.82, 2.24) is 9.88 Å². The van der Waals surface area contributed by atoms with Crippen LogP contribution >= 0.6 is 0 Å². The van der Waals surface area contributed by atoms with Gasteiger partial charge >= 0.3 is 0 Å². The first-order valence-electron chi connectivity index (χ1n) is 14.1. The number of methoxy groups -OCH3 is 1. The molecule has 4 atom stereocenters. The maximum Gasteiger partial charge on any atom is 0.121 e. The summed E-state index contributed by atoms with van der Waals surface area (Å²) in [4.78, 5) is 6.45. The number of allylic oxidation sites excluding steroid dienone is 2. The van der Waals surface area contributed by atoms with Crippen molar-refractivity contribution in [1.29, 1.82) is 0 Å². The van der Waals surface area contributed by atoms with Crippen LogP contribution < -0.4 is 0 Å². The van der Waals surface area contributed by atoms with Gasteiger partial charge in [-0.2, -0.15) is 0 Å². The molecule has 0 radical (unpaired) electrons. The predicted octanol–water partition coefficient (Wildman–Crippen LogP) is 7.92. The second kappa shape index (κ2) is 12.2. The minimum absolute atomic E-state index is 0.249. The number of ether oxygens (including phenoxy) is 2. The van der Waals surface area contributed by atoms with Crippen LogP contribution in [0.4, 0.5) is 0 Å². The Morgan fingerprint density at radius 3 is 2.63 bits per heavy atom. The Morgan fingerprint density at radius 2 is 1.91 bits per heavy atom. The van der Waals surface area contributed by atoms with Gasteiger partial charge in [0.25, 0.3) is 0 Å². The fourth-order valence-electron chi connectivity index (χ4n) is 6.29. The van der Waals surface area contributed by atoms with Crippen molar-refractivity contribution in [2.75, 3.05) is 20.2 Å². The van der Waals surface area contributed by atoms with Gasteiger partial charge in [0.2, 0.25) is 0 Å². The van der Waals surface area contributed by atoms with Gasteiger partial charge in [0.05, 0.1) is 25.5 Å². The summed E-state index contributed by atoms with van der Waals surface area (Å²) in [6.07, 6.45) is 14.6. The predicted molar refractivity (Wildman–Crippen MR) is 146 cm³/mol. The molecule has 1 N–H and O–H groups in total. The Bertz CT molecular complexity index is 1020. The van der Waals surface area contributed by atoms with Crippen molar-refractivity contribution in [2.45, 2.75) is 91.2 Å². The van der Waals surface area contributed by atoms with Crippen LogP contribution in [-0.4, -0.2) is 36.2 Å². The quantitative estimate of drug-likeness (QED) is 0.324. The molecule has 0 aliphatic carbocycles. The fourth-order valence-corrected chi connectivity index (χ4v) is 6.29. The molecule has 0 saturated carbocycles. The lowest BCUT2D eigenvalue weighted by Gasteiger charge is -2.49. The highest BCUT2D eigenvalue weighted by atomic mass is 16.5. The maximum atomic E-state index is 6.07. The van der Waals surface area contributed by atoms with Gasteiger partial charge in [-0.15, -0.1) is 0 Å². The highest BCUT2D eigenvalue weighted by molar-refractivity contribution is 5.85. The number of nitrogens with one attached hydrogen (secondary N) is 1. The zero-order chi connectivity index (χ0) is 24.8. The van der Waals surface area contributed by atoms with Crippen LogP contribution in [-0.2, 0) is 15.9 Å². The average Bonchev–Trinajstić information content (AvgIpc) is 3.27. The number of H-pyrrole nitrogens is 1. The molecular weight excluding hydrogens is 432 g/mol. The molecule has 5 rings (SSSR count). The monoisotopic (exact) mass is 478 g/mol. The zero-order valence-corrected chi connectivity index (χ0v) is 22.6. The second-order valence-corrected chi connectivity index (χ2v) is 10.5. The highest BCUT2D eigenvalue weighted by Gasteiger charge is 2.46. The molecule has 35 heavy (non-hydrogen) atoms. The molecule has 2 aromatic rings. The Balaban J connectivity index is 0.000000364. The van der Waals surface area contributed by atoms with Gasteiger partial charge < -0.3 is 14.5 Å². The summed E-state index contributed by atoms with van der Waals surface area (Å²) < 4.78 is 11.8. The third-order valence-electron chi connectivity index (χ3n) is 8.22. The van der Waals surface area contributed by atoms with Crippen LogP contribution in [0.2, 0.25) is 0 Å². The first-order valence-corrected chi connectivity index (χ1v) is 14.1. The van der Waals surface area contributed by atoms with E-state index in [1.165, 1.54) is 59.8 Å². The van der Waals surface area contributed by atoms with E-state index >= 15 is 0 Å². The molecule has 1 aromatic heterocycles. The Kier molecular flexibility index (Phi) is 8.99. The van der Waals surface area contributed by atoms with E-state index in [0.717, 1.165) is 38.1 Å². The van der Waals surface area contributed by atoms with Gasteiger partial charge in [-0.05, 0) is 49.8 Å². The van der Waals surface area contributed by atoms with E-state index in [1.807, 2.05) is 6.26 Å². The lowest BCUT2D eigenvalue weighted by molar-refractivity contribution is -0.0244. The van der Waals surface area contributed by atoms with E-state index in [9.17, 15) is 0 Å². The largest absolute Gasteiger partial charge is 0.498 e.